The summed E-state index contributed by atoms with van der Waals surface area (Å²) in [5.74, 6) is -1.61. The van der Waals surface area contributed by atoms with Crippen LogP contribution in [0, 0.1) is 5.82 Å². The number of nitrogens with zero attached hydrogens (tertiary/aromatic N) is 1. The van der Waals surface area contributed by atoms with Crippen LogP contribution in [0.2, 0.25) is 0 Å². The van der Waals surface area contributed by atoms with Gasteiger partial charge in [-0.15, -0.1) is 11.3 Å². The number of benzene rings is 1. The molecule has 2 heterocycles. The molecule has 3 nitrogen and oxygen atoms in total. The third-order valence-electron chi connectivity index (χ3n) is 2.83. The molecule has 1 aliphatic heterocycles. The fourth-order valence-electron chi connectivity index (χ4n) is 1.98. The highest BCUT2D eigenvalue weighted by atomic mass is 32.1. The number of ketones is 1. The lowest BCUT2D eigenvalue weighted by atomic mass is 10.1. The van der Waals surface area contributed by atoms with E-state index in [0.717, 1.165) is 4.88 Å². The van der Waals surface area contributed by atoms with E-state index in [9.17, 15) is 14.0 Å². The highest BCUT2D eigenvalue weighted by Crippen LogP contribution is 2.31. The molecule has 0 saturated carbocycles. The number of halogens is 1. The van der Waals surface area contributed by atoms with Crippen molar-refractivity contribution in [1.82, 2.24) is 0 Å². The monoisotopic (exact) mass is 261 g/mol. The van der Waals surface area contributed by atoms with Crippen molar-refractivity contribution in [2.24, 2.45) is 0 Å². The predicted molar refractivity (Wildman–Crippen MR) is 66.2 cm³/mol. The van der Waals surface area contributed by atoms with Crippen molar-refractivity contribution in [2.75, 3.05) is 4.90 Å². The molecular weight excluding hydrogens is 253 g/mol. The largest absolute Gasteiger partial charge is 0.299 e. The van der Waals surface area contributed by atoms with Gasteiger partial charge in [0.15, 0.2) is 0 Å². The maximum atomic E-state index is 13.2. The number of Topliss-reactive ketones (excluding diaryl/α,β-unsaturated/α-hetero) is 1. The van der Waals surface area contributed by atoms with Gasteiger partial charge in [0.05, 0.1) is 17.8 Å². The first kappa shape index (κ1) is 11.1. The van der Waals surface area contributed by atoms with Crippen molar-refractivity contribution in [3.63, 3.8) is 0 Å². The van der Waals surface area contributed by atoms with E-state index in [4.69, 9.17) is 0 Å². The standard InChI is InChI=1S/C13H8FNO2S/c14-8-3-4-10-11(6-8)15(13(17)12(10)16)7-9-2-1-5-18-9/h1-6H,7H2. The second kappa shape index (κ2) is 4.03. The van der Waals surface area contributed by atoms with E-state index >= 15 is 0 Å². The molecular formula is C13H8FNO2S. The van der Waals surface area contributed by atoms with Crippen LogP contribution in [0.15, 0.2) is 35.7 Å². The molecule has 0 aliphatic carbocycles. The lowest BCUT2D eigenvalue weighted by Crippen LogP contribution is -2.28. The van der Waals surface area contributed by atoms with Gasteiger partial charge in [-0.05, 0) is 29.6 Å². The van der Waals surface area contributed by atoms with Crippen molar-refractivity contribution < 1.29 is 14.0 Å². The van der Waals surface area contributed by atoms with Gasteiger partial charge in [0.2, 0.25) is 0 Å². The number of carbonyl (C=O) groups is 2. The molecule has 0 N–H and O–H groups in total. The second-order valence-corrected chi connectivity index (χ2v) is 4.99. The first-order valence-corrected chi connectivity index (χ1v) is 6.23. The lowest BCUT2D eigenvalue weighted by molar-refractivity contribution is -0.114. The zero-order valence-electron chi connectivity index (χ0n) is 9.22. The van der Waals surface area contributed by atoms with E-state index in [1.807, 2.05) is 17.5 Å². The number of thiophene rings is 1. The third-order valence-corrected chi connectivity index (χ3v) is 3.69. The first-order chi connectivity index (χ1) is 8.66. The van der Waals surface area contributed by atoms with Gasteiger partial charge in [0.1, 0.15) is 5.82 Å². The molecule has 1 aromatic carbocycles. The van der Waals surface area contributed by atoms with Gasteiger partial charge in [-0.25, -0.2) is 4.39 Å². The summed E-state index contributed by atoms with van der Waals surface area (Å²) in [6.45, 7) is 0.304. The Kier molecular flexibility index (Phi) is 2.48. The maximum Gasteiger partial charge on any atom is 0.299 e. The van der Waals surface area contributed by atoms with E-state index in [-0.39, 0.29) is 5.56 Å². The Morgan fingerprint density at radius 3 is 2.78 bits per heavy atom. The number of carbonyl (C=O) groups excluding carboxylic acids is 2. The Labute approximate surface area is 106 Å². The average Bonchev–Trinajstić information content (AvgIpc) is 2.93. The van der Waals surface area contributed by atoms with E-state index in [1.165, 1.54) is 34.4 Å². The van der Waals surface area contributed by atoms with Crippen LogP contribution in [0.3, 0.4) is 0 Å². The van der Waals surface area contributed by atoms with E-state index in [0.29, 0.717) is 12.2 Å². The van der Waals surface area contributed by atoms with Crippen LogP contribution < -0.4 is 4.90 Å². The van der Waals surface area contributed by atoms with Crippen molar-refractivity contribution in [2.45, 2.75) is 6.54 Å². The van der Waals surface area contributed by atoms with Crippen molar-refractivity contribution in [3.8, 4) is 0 Å². The minimum absolute atomic E-state index is 0.276. The molecule has 0 spiro atoms. The summed E-state index contributed by atoms with van der Waals surface area (Å²) in [4.78, 5) is 25.9. The second-order valence-electron chi connectivity index (χ2n) is 3.96. The van der Waals surface area contributed by atoms with Crippen molar-refractivity contribution in [1.29, 1.82) is 0 Å². The normalized spacial score (nSPS) is 14.2. The molecule has 1 aromatic heterocycles. The van der Waals surface area contributed by atoms with Gasteiger partial charge < -0.3 is 0 Å². The molecule has 5 heteroatoms. The molecule has 3 rings (SSSR count). The Balaban J connectivity index is 2.03. The van der Waals surface area contributed by atoms with Crippen LogP contribution in [0.1, 0.15) is 15.2 Å². The number of fused-ring (bicyclic) bond motifs is 1. The van der Waals surface area contributed by atoms with E-state index in [2.05, 4.69) is 0 Å². The summed E-state index contributed by atoms with van der Waals surface area (Å²) >= 11 is 1.49. The summed E-state index contributed by atoms with van der Waals surface area (Å²) in [6, 6.07) is 7.53. The van der Waals surface area contributed by atoms with Crippen molar-refractivity contribution >= 4 is 28.7 Å². The number of amides is 1. The topological polar surface area (TPSA) is 37.4 Å². The highest BCUT2D eigenvalue weighted by Gasteiger charge is 2.36. The summed E-state index contributed by atoms with van der Waals surface area (Å²) < 4.78 is 13.2. The van der Waals surface area contributed by atoms with Crippen LogP contribution >= 0.6 is 11.3 Å². The number of hydrogen-bond donors (Lipinski definition) is 0. The average molecular weight is 261 g/mol. The summed E-state index contributed by atoms with van der Waals surface area (Å²) in [6.07, 6.45) is 0. The molecule has 2 aromatic rings. The van der Waals surface area contributed by atoms with Gasteiger partial charge in [0.25, 0.3) is 11.7 Å². The molecule has 0 saturated heterocycles. The maximum absolute atomic E-state index is 13.2. The molecule has 0 atom stereocenters. The van der Waals surface area contributed by atoms with Gasteiger partial charge in [-0.3, -0.25) is 14.5 Å². The predicted octanol–water partition coefficient (Wildman–Crippen LogP) is 2.62. The third kappa shape index (κ3) is 1.64. The molecule has 0 radical (unpaired) electrons. The minimum Gasteiger partial charge on any atom is -0.299 e. The number of hydrogen-bond acceptors (Lipinski definition) is 3. The van der Waals surface area contributed by atoms with Gasteiger partial charge in [-0.2, -0.15) is 0 Å². The fourth-order valence-corrected chi connectivity index (χ4v) is 2.68. The fraction of sp³-hybridized carbons (Fsp3) is 0.0769. The van der Waals surface area contributed by atoms with E-state index in [1.54, 1.807) is 0 Å². The van der Waals surface area contributed by atoms with Gasteiger partial charge in [-0.1, -0.05) is 6.07 Å². The molecule has 90 valence electrons. The number of anilines is 1. The molecule has 0 bridgehead atoms. The van der Waals surface area contributed by atoms with E-state index < -0.39 is 17.5 Å². The molecule has 1 amide bonds. The highest BCUT2D eigenvalue weighted by molar-refractivity contribution is 7.09. The first-order valence-electron chi connectivity index (χ1n) is 5.35. The molecule has 0 fully saturated rings. The van der Waals surface area contributed by atoms with Crippen LogP contribution in [-0.2, 0) is 11.3 Å². The zero-order valence-corrected chi connectivity index (χ0v) is 10.0. The number of rotatable bonds is 2. The molecule has 18 heavy (non-hydrogen) atoms. The quantitative estimate of drug-likeness (QED) is 0.779. The Morgan fingerprint density at radius 1 is 1.22 bits per heavy atom. The van der Waals surface area contributed by atoms with Crippen molar-refractivity contribution in [3.05, 3.63) is 52.0 Å². The van der Waals surface area contributed by atoms with Crippen LogP contribution in [-0.4, -0.2) is 11.7 Å². The Morgan fingerprint density at radius 2 is 2.06 bits per heavy atom. The minimum atomic E-state index is -0.594. The SMILES string of the molecule is O=C1C(=O)N(Cc2cccs2)c2cc(F)ccc21. The Hall–Kier alpha value is -2.01. The lowest BCUT2D eigenvalue weighted by Gasteiger charge is -2.15. The van der Waals surface area contributed by atoms with Gasteiger partial charge in [0, 0.05) is 4.88 Å². The zero-order chi connectivity index (χ0) is 12.7. The Bertz CT molecular complexity index is 636. The van der Waals surface area contributed by atoms with Gasteiger partial charge >= 0.3 is 0 Å². The van der Waals surface area contributed by atoms with Crippen LogP contribution in [0.25, 0.3) is 0 Å². The summed E-state index contributed by atoms with van der Waals surface area (Å²) in [5.41, 5.74) is 0.636. The van der Waals surface area contributed by atoms with Crippen LogP contribution in [0.4, 0.5) is 10.1 Å². The smallest absolute Gasteiger partial charge is 0.299 e. The molecule has 1 aliphatic rings. The summed E-state index contributed by atoms with van der Waals surface area (Å²) in [5, 5.41) is 1.89. The summed E-state index contributed by atoms with van der Waals surface area (Å²) in [7, 11) is 0. The molecule has 0 unspecified atom stereocenters. The van der Waals surface area contributed by atoms with Crippen LogP contribution in [0.5, 0.6) is 0 Å².